The van der Waals surface area contributed by atoms with E-state index in [9.17, 15) is 8.42 Å². The van der Waals surface area contributed by atoms with Crippen LogP contribution in [0.4, 0.5) is 0 Å². The first-order valence-corrected chi connectivity index (χ1v) is 8.18. The van der Waals surface area contributed by atoms with Gasteiger partial charge in [0.15, 0.2) is 9.84 Å². The van der Waals surface area contributed by atoms with Gasteiger partial charge in [0.25, 0.3) is 5.65 Å². The summed E-state index contributed by atoms with van der Waals surface area (Å²) in [4.78, 5) is 0.391. The number of hydrogen-bond acceptors (Lipinski definition) is 2. The van der Waals surface area contributed by atoms with Gasteiger partial charge < -0.3 is 0 Å². The number of fused-ring (bicyclic) bond motifs is 1. The average Bonchev–Trinajstić information content (AvgIpc) is 2.82. The lowest BCUT2D eigenvalue weighted by Crippen LogP contribution is -2.33. The van der Waals surface area contributed by atoms with Crippen molar-refractivity contribution in [3.8, 4) is 0 Å². The van der Waals surface area contributed by atoms with Crippen LogP contribution in [0.15, 0.2) is 66.0 Å². The van der Waals surface area contributed by atoms with Gasteiger partial charge in [-0.1, -0.05) is 24.3 Å². The topological polar surface area (TPSA) is 42.4 Å². The average molecular weight is 287 g/mol. The summed E-state index contributed by atoms with van der Waals surface area (Å²) in [6.07, 6.45) is 7.12. The number of hydrogen-bond donors (Lipinski definition) is 0. The molecule has 0 atom stereocenters. The minimum Gasteiger partial charge on any atom is -0.226 e. The largest absolute Gasteiger partial charge is 0.286 e. The third-order valence-electron chi connectivity index (χ3n) is 3.28. The molecule has 0 aliphatic carbocycles. The van der Waals surface area contributed by atoms with Gasteiger partial charge in [0.2, 0.25) is 0 Å². The Morgan fingerprint density at radius 2 is 1.80 bits per heavy atom. The summed E-state index contributed by atoms with van der Waals surface area (Å²) in [5, 5.41) is 0. The van der Waals surface area contributed by atoms with Crippen LogP contribution in [0.5, 0.6) is 0 Å². The lowest BCUT2D eigenvalue weighted by atomic mass is 10.2. The molecule has 0 aliphatic rings. The van der Waals surface area contributed by atoms with Gasteiger partial charge in [0.05, 0.1) is 11.1 Å². The first-order valence-electron chi connectivity index (χ1n) is 6.29. The monoisotopic (exact) mass is 287 g/mol. The van der Waals surface area contributed by atoms with Crippen LogP contribution in [0.2, 0.25) is 0 Å². The van der Waals surface area contributed by atoms with E-state index in [1.165, 1.54) is 6.26 Å². The summed E-state index contributed by atoms with van der Waals surface area (Å²) in [5.74, 6) is 0. The fraction of sp³-hybridized carbons (Fsp3) is 0.133. The summed E-state index contributed by atoms with van der Waals surface area (Å²) in [7, 11) is -3.21. The van der Waals surface area contributed by atoms with E-state index in [4.69, 9.17) is 0 Å². The van der Waals surface area contributed by atoms with E-state index in [2.05, 4.69) is 0 Å². The van der Waals surface area contributed by atoms with Crippen LogP contribution < -0.4 is 4.57 Å². The molecule has 2 heterocycles. The molecule has 0 spiro atoms. The maximum absolute atomic E-state index is 11.8. The zero-order valence-electron chi connectivity index (χ0n) is 11.1. The van der Waals surface area contributed by atoms with Crippen molar-refractivity contribution in [1.29, 1.82) is 0 Å². The highest BCUT2D eigenvalue weighted by molar-refractivity contribution is 7.90. The Bertz CT molecular complexity index is 866. The van der Waals surface area contributed by atoms with Gasteiger partial charge in [-0.2, -0.15) is 0 Å². The Hall–Kier alpha value is -2.14. The van der Waals surface area contributed by atoms with E-state index in [1.54, 1.807) is 12.1 Å². The summed E-state index contributed by atoms with van der Waals surface area (Å²) >= 11 is 0. The van der Waals surface area contributed by atoms with E-state index in [0.29, 0.717) is 11.4 Å². The zero-order chi connectivity index (χ0) is 14.2. The maximum atomic E-state index is 11.8. The zero-order valence-corrected chi connectivity index (χ0v) is 11.9. The second-order valence-corrected chi connectivity index (χ2v) is 6.76. The van der Waals surface area contributed by atoms with Gasteiger partial charge in [-0.25, -0.2) is 17.4 Å². The number of aromatic nitrogens is 2. The van der Waals surface area contributed by atoms with Crippen LogP contribution in [-0.2, 0) is 16.4 Å². The lowest BCUT2D eigenvalue weighted by molar-refractivity contribution is -0.662. The third kappa shape index (κ3) is 2.32. The van der Waals surface area contributed by atoms with E-state index >= 15 is 0 Å². The number of nitrogens with zero attached hydrogens (tertiary/aromatic N) is 2. The molecule has 0 aliphatic heterocycles. The summed E-state index contributed by atoms with van der Waals surface area (Å²) in [5.41, 5.74) is 1.83. The second-order valence-electron chi connectivity index (χ2n) is 4.77. The van der Waals surface area contributed by atoms with Crippen molar-refractivity contribution in [2.45, 2.75) is 11.4 Å². The molecule has 102 valence electrons. The number of imidazole rings is 1. The Balaban J connectivity index is 2.08. The molecular formula is C15H15N2O2S+. The molecule has 3 aromatic rings. The van der Waals surface area contributed by atoms with E-state index in [-0.39, 0.29) is 0 Å². The van der Waals surface area contributed by atoms with Crippen molar-refractivity contribution in [1.82, 2.24) is 4.40 Å². The van der Waals surface area contributed by atoms with Crippen LogP contribution in [-0.4, -0.2) is 19.1 Å². The molecular weight excluding hydrogens is 272 g/mol. The predicted octanol–water partition coefficient (Wildman–Crippen LogP) is 1.68. The molecule has 2 aromatic heterocycles. The fourth-order valence-corrected chi connectivity index (χ4v) is 3.29. The molecule has 0 radical (unpaired) electrons. The summed E-state index contributed by atoms with van der Waals surface area (Å²) in [6, 6.07) is 13.1. The highest BCUT2D eigenvalue weighted by Crippen LogP contribution is 2.15. The Kier molecular flexibility index (Phi) is 3.06. The van der Waals surface area contributed by atoms with E-state index in [0.717, 1.165) is 11.2 Å². The van der Waals surface area contributed by atoms with Gasteiger partial charge in [0.1, 0.15) is 18.9 Å². The van der Waals surface area contributed by atoms with Crippen molar-refractivity contribution in [2.24, 2.45) is 0 Å². The van der Waals surface area contributed by atoms with Gasteiger partial charge in [-0.05, 0) is 12.1 Å². The molecule has 4 nitrogen and oxygen atoms in total. The van der Waals surface area contributed by atoms with Gasteiger partial charge in [0, 0.05) is 17.9 Å². The molecule has 3 rings (SSSR count). The van der Waals surface area contributed by atoms with E-state index < -0.39 is 9.84 Å². The lowest BCUT2D eigenvalue weighted by Gasteiger charge is -2.05. The minimum atomic E-state index is -3.21. The second kappa shape index (κ2) is 4.76. The van der Waals surface area contributed by atoms with Crippen LogP contribution in [0.25, 0.3) is 5.65 Å². The maximum Gasteiger partial charge on any atom is 0.286 e. The standard InChI is InChI=1S/C15H15N2O2S/c1-20(18,19)14-7-3-2-6-13(14)12-17-11-10-16-9-5-4-8-15(16)17/h2-11H,12H2,1H3/q+1. The van der Waals surface area contributed by atoms with Crippen molar-refractivity contribution < 1.29 is 13.0 Å². The molecule has 0 bridgehead atoms. The van der Waals surface area contributed by atoms with Gasteiger partial charge >= 0.3 is 0 Å². The fourth-order valence-electron chi connectivity index (χ4n) is 2.36. The third-order valence-corrected chi connectivity index (χ3v) is 4.48. The predicted molar refractivity (Wildman–Crippen MR) is 76.2 cm³/mol. The SMILES string of the molecule is CS(=O)(=O)c1ccccc1C[n+]1ccn2ccccc21. The highest BCUT2D eigenvalue weighted by atomic mass is 32.2. The van der Waals surface area contributed by atoms with Crippen molar-refractivity contribution in [3.63, 3.8) is 0 Å². The van der Waals surface area contributed by atoms with Crippen LogP contribution in [0.1, 0.15) is 5.56 Å². The molecule has 1 aromatic carbocycles. The number of rotatable bonds is 3. The number of sulfone groups is 1. The molecule has 5 heteroatoms. The number of benzene rings is 1. The summed E-state index contributed by atoms with van der Waals surface area (Å²) in [6.45, 7) is 0.532. The van der Waals surface area contributed by atoms with Crippen LogP contribution in [0.3, 0.4) is 0 Å². The highest BCUT2D eigenvalue weighted by Gasteiger charge is 2.16. The molecule has 0 fully saturated rings. The molecule has 0 amide bonds. The van der Waals surface area contributed by atoms with Crippen LogP contribution >= 0.6 is 0 Å². The Morgan fingerprint density at radius 3 is 2.60 bits per heavy atom. The van der Waals surface area contributed by atoms with Crippen molar-refractivity contribution in [2.75, 3.05) is 6.26 Å². The first kappa shape index (κ1) is 12.9. The molecule has 0 saturated heterocycles. The molecule has 0 N–H and O–H groups in total. The summed E-state index contributed by atoms with van der Waals surface area (Å²) < 4.78 is 27.7. The van der Waals surface area contributed by atoms with Gasteiger partial charge in [-0.15, -0.1) is 0 Å². The Morgan fingerprint density at radius 1 is 1.05 bits per heavy atom. The van der Waals surface area contributed by atoms with Crippen molar-refractivity contribution in [3.05, 3.63) is 66.6 Å². The van der Waals surface area contributed by atoms with Crippen molar-refractivity contribution >= 4 is 15.5 Å². The Labute approximate surface area is 117 Å². The molecule has 20 heavy (non-hydrogen) atoms. The van der Waals surface area contributed by atoms with E-state index in [1.807, 2.05) is 57.9 Å². The first-order chi connectivity index (χ1) is 9.55. The van der Waals surface area contributed by atoms with Gasteiger partial charge in [-0.3, -0.25) is 0 Å². The normalized spacial score (nSPS) is 11.8. The molecule has 0 unspecified atom stereocenters. The molecule has 0 saturated carbocycles. The smallest absolute Gasteiger partial charge is 0.226 e. The van der Waals surface area contributed by atoms with Crippen LogP contribution in [0, 0.1) is 0 Å². The minimum absolute atomic E-state index is 0.391. The number of pyridine rings is 1. The quantitative estimate of drug-likeness (QED) is 0.688.